The second-order valence-electron chi connectivity index (χ2n) is 4.95. The largest absolute Gasteiger partial charge is 0.497 e. The minimum Gasteiger partial charge on any atom is -0.497 e. The standard InChI is InChI=1S/C14H15NO4/c1-19-8-5-6-9-11(7-8)15(14(18)13(9)17)10-3-2-4-12(10)16/h5-7,10,12,16H,2-4H2,1H3/t10-,12-/m0/s1. The minimum atomic E-state index is -0.561. The average molecular weight is 261 g/mol. The van der Waals surface area contributed by atoms with E-state index in [1.165, 1.54) is 12.0 Å². The van der Waals surface area contributed by atoms with Crippen LogP contribution in [0.3, 0.4) is 0 Å². The fraction of sp³-hybridized carbons (Fsp3) is 0.429. The number of amides is 1. The first-order valence-corrected chi connectivity index (χ1v) is 6.37. The molecule has 2 atom stereocenters. The zero-order valence-electron chi connectivity index (χ0n) is 10.6. The van der Waals surface area contributed by atoms with Crippen LogP contribution in [-0.4, -0.2) is 36.1 Å². The van der Waals surface area contributed by atoms with Gasteiger partial charge in [-0.15, -0.1) is 0 Å². The summed E-state index contributed by atoms with van der Waals surface area (Å²) in [5, 5.41) is 9.97. The number of benzene rings is 1. The zero-order chi connectivity index (χ0) is 13.6. The number of fused-ring (bicyclic) bond motifs is 1. The molecule has 0 bridgehead atoms. The Morgan fingerprint density at radius 2 is 2.11 bits per heavy atom. The van der Waals surface area contributed by atoms with Gasteiger partial charge in [0.15, 0.2) is 0 Å². The molecule has 5 nitrogen and oxygen atoms in total. The van der Waals surface area contributed by atoms with E-state index >= 15 is 0 Å². The smallest absolute Gasteiger partial charge is 0.299 e. The van der Waals surface area contributed by atoms with Crippen molar-refractivity contribution in [3.8, 4) is 5.75 Å². The van der Waals surface area contributed by atoms with Crippen molar-refractivity contribution in [2.75, 3.05) is 12.0 Å². The molecule has 0 unspecified atom stereocenters. The number of ether oxygens (including phenoxy) is 1. The fourth-order valence-electron chi connectivity index (χ4n) is 2.92. The molecule has 1 amide bonds. The van der Waals surface area contributed by atoms with Crippen molar-refractivity contribution in [3.05, 3.63) is 23.8 Å². The molecule has 1 heterocycles. The van der Waals surface area contributed by atoms with Crippen molar-refractivity contribution in [2.24, 2.45) is 0 Å². The van der Waals surface area contributed by atoms with Crippen LogP contribution in [-0.2, 0) is 4.79 Å². The maximum Gasteiger partial charge on any atom is 0.299 e. The van der Waals surface area contributed by atoms with Crippen molar-refractivity contribution in [1.29, 1.82) is 0 Å². The highest BCUT2D eigenvalue weighted by atomic mass is 16.5. The van der Waals surface area contributed by atoms with Gasteiger partial charge in [0.05, 0.1) is 30.5 Å². The molecule has 100 valence electrons. The van der Waals surface area contributed by atoms with Crippen molar-refractivity contribution >= 4 is 17.4 Å². The summed E-state index contributed by atoms with van der Waals surface area (Å²) in [6.45, 7) is 0. The van der Waals surface area contributed by atoms with Crippen molar-refractivity contribution in [1.82, 2.24) is 0 Å². The molecule has 1 fully saturated rings. The maximum atomic E-state index is 12.1. The van der Waals surface area contributed by atoms with E-state index in [4.69, 9.17) is 4.74 Å². The number of hydrogen-bond acceptors (Lipinski definition) is 4. The summed E-state index contributed by atoms with van der Waals surface area (Å²) in [6.07, 6.45) is 1.69. The van der Waals surface area contributed by atoms with Crippen LogP contribution >= 0.6 is 0 Å². The van der Waals surface area contributed by atoms with E-state index in [9.17, 15) is 14.7 Å². The van der Waals surface area contributed by atoms with Gasteiger partial charge in [0.2, 0.25) is 0 Å². The first-order valence-electron chi connectivity index (χ1n) is 6.37. The SMILES string of the molecule is COc1ccc2c(c1)N([C@H]1CCC[C@@H]1O)C(=O)C2=O. The predicted molar refractivity (Wildman–Crippen MR) is 68.5 cm³/mol. The fourth-order valence-corrected chi connectivity index (χ4v) is 2.92. The minimum absolute atomic E-state index is 0.301. The average Bonchev–Trinajstić information content (AvgIpc) is 2.93. The van der Waals surface area contributed by atoms with E-state index in [2.05, 4.69) is 0 Å². The third-order valence-corrected chi connectivity index (χ3v) is 3.90. The lowest BCUT2D eigenvalue weighted by Gasteiger charge is -2.26. The molecule has 0 radical (unpaired) electrons. The van der Waals surface area contributed by atoms with Crippen LogP contribution in [0.25, 0.3) is 0 Å². The third kappa shape index (κ3) is 1.73. The molecule has 0 saturated heterocycles. The van der Waals surface area contributed by atoms with E-state index in [-0.39, 0.29) is 6.04 Å². The summed E-state index contributed by atoms with van der Waals surface area (Å²) in [6, 6.07) is 4.65. The third-order valence-electron chi connectivity index (χ3n) is 3.90. The van der Waals surface area contributed by atoms with Crippen LogP contribution in [0.1, 0.15) is 29.6 Å². The molecule has 19 heavy (non-hydrogen) atoms. The van der Waals surface area contributed by atoms with Crippen molar-refractivity contribution < 1.29 is 19.4 Å². The number of hydrogen-bond donors (Lipinski definition) is 1. The highest BCUT2D eigenvalue weighted by Crippen LogP contribution is 2.37. The number of anilines is 1. The molecule has 1 aliphatic heterocycles. The van der Waals surface area contributed by atoms with Crippen LogP contribution in [0.5, 0.6) is 5.75 Å². The molecule has 2 aliphatic rings. The Hall–Kier alpha value is -1.88. The van der Waals surface area contributed by atoms with Crippen LogP contribution in [0.2, 0.25) is 0 Å². The predicted octanol–water partition coefficient (Wildman–Crippen LogP) is 1.14. The van der Waals surface area contributed by atoms with Crippen molar-refractivity contribution in [2.45, 2.75) is 31.4 Å². The van der Waals surface area contributed by atoms with E-state index in [0.29, 0.717) is 23.4 Å². The van der Waals surface area contributed by atoms with Crippen LogP contribution in [0, 0.1) is 0 Å². The second-order valence-corrected chi connectivity index (χ2v) is 4.95. The van der Waals surface area contributed by atoms with Gasteiger partial charge in [0, 0.05) is 6.07 Å². The lowest BCUT2D eigenvalue weighted by molar-refractivity contribution is -0.115. The Morgan fingerprint density at radius 3 is 2.74 bits per heavy atom. The van der Waals surface area contributed by atoms with Crippen LogP contribution < -0.4 is 9.64 Å². The zero-order valence-corrected chi connectivity index (χ0v) is 10.6. The first kappa shape index (κ1) is 12.2. The van der Waals surface area contributed by atoms with E-state index in [1.807, 2.05) is 0 Å². The lowest BCUT2D eigenvalue weighted by atomic mass is 10.1. The summed E-state index contributed by atoms with van der Waals surface area (Å²) in [5.74, 6) is -0.454. The number of rotatable bonds is 2. The molecule has 1 aromatic carbocycles. The summed E-state index contributed by atoms with van der Waals surface area (Å²) >= 11 is 0. The number of ketones is 1. The number of aliphatic hydroxyl groups is 1. The quantitative estimate of drug-likeness (QED) is 0.811. The van der Waals surface area contributed by atoms with E-state index in [1.54, 1.807) is 18.2 Å². The Balaban J connectivity index is 2.07. The highest BCUT2D eigenvalue weighted by Gasteiger charge is 2.43. The normalized spacial score (nSPS) is 25.9. The molecule has 1 saturated carbocycles. The summed E-state index contributed by atoms with van der Waals surface area (Å²) in [4.78, 5) is 25.5. The molecule has 0 spiro atoms. The topological polar surface area (TPSA) is 66.8 Å². The van der Waals surface area contributed by atoms with Gasteiger partial charge in [-0.2, -0.15) is 0 Å². The van der Waals surface area contributed by atoms with E-state index in [0.717, 1.165) is 12.8 Å². The number of methoxy groups -OCH3 is 1. The summed E-state index contributed by atoms with van der Waals surface area (Å²) in [7, 11) is 1.54. The first-order chi connectivity index (χ1) is 9.13. The second kappa shape index (κ2) is 4.35. The molecule has 1 N–H and O–H groups in total. The van der Waals surface area contributed by atoms with Gasteiger partial charge in [0.25, 0.3) is 11.7 Å². The summed E-state index contributed by atoms with van der Waals surface area (Å²) < 4.78 is 5.14. The van der Waals surface area contributed by atoms with Gasteiger partial charge in [0.1, 0.15) is 5.75 Å². The van der Waals surface area contributed by atoms with E-state index < -0.39 is 17.8 Å². The maximum absolute atomic E-state index is 12.1. The van der Waals surface area contributed by atoms with Gasteiger partial charge in [-0.1, -0.05) is 0 Å². The van der Waals surface area contributed by atoms with Gasteiger partial charge in [-0.3, -0.25) is 14.5 Å². The number of aliphatic hydroxyl groups excluding tert-OH is 1. The lowest BCUT2D eigenvalue weighted by Crippen LogP contribution is -2.43. The number of nitrogens with zero attached hydrogens (tertiary/aromatic N) is 1. The molecule has 3 rings (SSSR count). The Bertz CT molecular complexity index is 554. The van der Waals surface area contributed by atoms with Gasteiger partial charge in [-0.05, 0) is 31.4 Å². The molecule has 1 aliphatic carbocycles. The monoisotopic (exact) mass is 261 g/mol. The summed E-state index contributed by atoms with van der Waals surface area (Å²) in [5.41, 5.74) is 0.949. The Kier molecular flexibility index (Phi) is 2.78. The number of Topliss-reactive ketones (excluding diaryl/α,β-unsaturated/α-hetero) is 1. The Morgan fingerprint density at radius 1 is 1.32 bits per heavy atom. The van der Waals surface area contributed by atoms with Crippen LogP contribution in [0.15, 0.2) is 18.2 Å². The number of carbonyl (C=O) groups excluding carboxylic acids is 2. The van der Waals surface area contributed by atoms with Gasteiger partial charge >= 0.3 is 0 Å². The highest BCUT2D eigenvalue weighted by molar-refractivity contribution is 6.52. The molecular weight excluding hydrogens is 246 g/mol. The number of carbonyl (C=O) groups is 2. The molecule has 5 heteroatoms. The molecule has 1 aromatic rings. The van der Waals surface area contributed by atoms with Gasteiger partial charge < -0.3 is 9.84 Å². The van der Waals surface area contributed by atoms with Crippen molar-refractivity contribution in [3.63, 3.8) is 0 Å². The molecule has 0 aromatic heterocycles. The van der Waals surface area contributed by atoms with Gasteiger partial charge in [-0.25, -0.2) is 0 Å². The Labute approximate surface area is 110 Å². The molecular formula is C14H15NO4. The van der Waals surface area contributed by atoms with Crippen LogP contribution in [0.4, 0.5) is 5.69 Å².